The quantitative estimate of drug-likeness (QED) is 0.792. The van der Waals surface area contributed by atoms with Crippen LogP contribution in [0.2, 0.25) is 0 Å². The van der Waals surface area contributed by atoms with Gasteiger partial charge >= 0.3 is 0 Å². The molecule has 3 rings (SSSR count). The molecule has 1 N–H and O–H groups in total. The summed E-state index contributed by atoms with van der Waals surface area (Å²) in [5.41, 5.74) is 2.30. The molecule has 3 heterocycles. The number of nitrogens with one attached hydrogen (secondary N) is 1. The number of H-pyrrole nitrogens is 1. The third kappa shape index (κ3) is 2.42. The van der Waals surface area contributed by atoms with Crippen LogP contribution in [0.25, 0.3) is 0 Å². The average Bonchev–Trinajstić information content (AvgIpc) is 2.67. The Bertz CT molecular complexity index is 478. The summed E-state index contributed by atoms with van der Waals surface area (Å²) in [6.45, 7) is 3.57. The van der Waals surface area contributed by atoms with Gasteiger partial charge in [0, 0.05) is 30.8 Å². The Balaban J connectivity index is 1.92. The van der Waals surface area contributed by atoms with Gasteiger partial charge in [-0.05, 0) is 12.8 Å². The Morgan fingerprint density at radius 1 is 1.17 bits per heavy atom. The number of aromatic amines is 1. The van der Waals surface area contributed by atoms with Gasteiger partial charge in [-0.15, -0.1) is 0 Å². The number of anilines is 1. The summed E-state index contributed by atoms with van der Waals surface area (Å²) >= 11 is 5.39. The zero-order valence-corrected chi connectivity index (χ0v) is 11.4. The van der Waals surface area contributed by atoms with E-state index in [1.165, 1.54) is 31.4 Å². The normalized spacial score (nSPS) is 20.3. The van der Waals surface area contributed by atoms with Crippen molar-refractivity contribution in [2.24, 2.45) is 0 Å². The van der Waals surface area contributed by atoms with Gasteiger partial charge in [-0.25, -0.2) is 4.98 Å². The van der Waals surface area contributed by atoms with Gasteiger partial charge in [0.15, 0.2) is 0 Å². The number of rotatable bonds is 1. The standard InChI is InChI=1S/C13H19N3OS/c18-12-10-9-17-8-5-11(10)14-13(15-12)16-6-3-1-2-4-7-16/h1-9H2,(H,14,15,18). The maximum Gasteiger partial charge on any atom is 0.204 e. The summed E-state index contributed by atoms with van der Waals surface area (Å²) in [5.74, 6) is 0.961. The Hall–Kier alpha value is -0.940. The van der Waals surface area contributed by atoms with Crippen LogP contribution in [0.15, 0.2) is 0 Å². The lowest BCUT2D eigenvalue weighted by atomic mass is 10.1. The number of hydrogen-bond acceptors (Lipinski definition) is 4. The summed E-state index contributed by atoms with van der Waals surface area (Å²) in [7, 11) is 0. The summed E-state index contributed by atoms with van der Waals surface area (Å²) < 4.78 is 6.15. The summed E-state index contributed by atoms with van der Waals surface area (Å²) in [6.07, 6.45) is 6.08. The van der Waals surface area contributed by atoms with Crippen molar-refractivity contribution in [3.8, 4) is 0 Å². The fourth-order valence-corrected chi connectivity index (χ4v) is 2.94. The molecule has 0 aromatic carbocycles. The SMILES string of the molecule is S=c1nc(N2CCCCCC2)[nH]c2c1COCC2. The van der Waals surface area contributed by atoms with Crippen molar-refractivity contribution in [3.05, 3.63) is 15.9 Å². The van der Waals surface area contributed by atoms with Gasteiger partial charge < -0.3 is 14.6 Å². The van der Waals surface area contributed by atoms with E-state index >= 15 is 0 Å². The second-order valence-electron chi connectivity index (χ2n) is 5.03. The van der Waals surface area contributed by atoms with Crippen LogP contribution in [0.4, 0.5) is 5.95 Å². The molecule has 1 fully saturated rings. The van der Waals surface area contributed by atoms with E-state index in [1.807, 2.05) is 0 Å². The van der Waals surface area contributed by atoms with Crippen molar-refractivity contribution in [2.45, 2.75) is 38.7 Å². The van der Waals surface area contributed by atoms with Crippen molar-refractivity contribution in [1.82, 2.24) is 9.97 Å². The summed E-state index contributed by atoms with van der Waals surface area (Å²) in [4.78, 5) is 10.4. The zero-order valence-electron chi connectivity index (χ0n) is 10.6. The van der Waals surface area contributed by atoms with E-state index in [2.05, 4.69) is 14.9 Å². The van der Waals surface area contributed by atoms with E-state index in [9.17, 15) is 0 Å². The number of ether oxygens (including phenoxy) is 1. The molecule has 98 valence electrons. The van der Waals surface area contributed by atoms with E-state index < -0.39 is 0 Å². The molecule has 1 saturated heterocycles. The van der Waals surface area contributed by atoms with Crippen LogP contribution in [-0.4, -0.2) is 29.7 Å². The lowest BCUT2D eigenvalue weighted by Gasteiger charge is -2.24. The molecule has 0 radical (unpaired) electrons. The molecule has 2 aliphatic rings. The van der Waals surface area contributed by atoms with Gasteiger partial charge in [0.1, 0.15) is 4.64 Å². The molecular formula is C13H19N3OS. The lowest BCUT2D eigenvalue weighted by molar-refractivity contribution is 0.108. The van der Waals surface area contributed by atoms with Gasteiger partial charge in [-0.1, -0.05) is 25.1 Å². The lowest BCUT2D eigenvalue weighted by Crippen LogP contribution is -2.27. The van der Waals surface area contributed by atoms with Crippen molar-refractivity contribution < 1.29 is 4.74 Å². The van der Waals surface area contributed by atoms with E-state index in [0.29, 0.717) is 11.2 Å². The molecule has 2 aliphatic heterocycles. The molecule has 5 heteroatoms. The van der Waals surface area contributed by atoms with E-state index in [4.69, 9.17) is 17.0 Å². The maximum atomic E-state index is 5.44. The van der Waals surface area contributed by atoms with Gasteiger partial charge in [0.25, 0.3) is 0 Å². The largest absolute Gasteiger partial charge is 0.376 e. The third-order valence-corrected chi connectivity index (χ3v) is 4.08. The molecule has 0 saturated carbocycles. The molecule has 0 atom stereocenters. The minimum absolute atomic E-state index is 0.609. The maximum absolute atomic E-state index is 5.44. The van der Waals surface area contributed by atoms with Crippen LogP contribution in [0, 0.1) is 4.64 Å². The zero-order chi connectivity index (χ0) is 12.4. The highest BCUT2D eigenvalue weighted by atomic mass is 32.1. The van der Waals surface area contributed by atoms with E-state index in [-0.39, 0.29) is 0 Å². The van der Waals surface area contributed by atoms with E-state index in [0.717, 1.165) is 37.6 Å². The molecule has 4 nitrogen and oxygen atoms in total. The monoisotopic (exact) mass is 265 g/mol. The number of nitrogens with zero attached hydrogens (tertiary/aromatic N) is 2. The van der Waals surface area contributed by atoms with Crippen LogP contribution in [0.3, 0.4) is 0 Å². The molecule has 0 bridgehead atoms. The Morgan fingerprint density at radius 2 is 1.94 bits per heavy atom. The number of fused-ring (bicyclic) bond motifs is 1. The first-order valence-electron chi connectivity index (χ1n) is 6.79. The van der Waals surface area contributed by atoms with E-state index in [1.54, 1.807) is 0 Å². The fourth-order valence-electron chi connectivity index (χ4n) is 2.67. The predicted molar refractivity (Wildman–Crippen MR) is 73.5 cm³/mol. The van der Waals surface area contributed by atoms with Crippen LogP contribution >= 0.6 is 12.2 Å². The minimum Gasteiger partial charge on any atom is -0.376 e. The first-order valence-corrected chi connectivity index (χ1v) is 7.20. The first-order chi connectivity index (χ1) is 8.84. The van der Waals surface area contributed by atoms with Gasteiger partial charge in [0.2, 0.25) is 5.95 Å². The topological polar surface area (TPSA) is 41.2 Å². The Kier molecular flexibility index (Phi) is 3.61. The van der Waals surface area contributed by atoms with Crippen molar-refractivity contribution >= 4 is 18.2 Å². The van der Waals surface area contributed by atoms with Crippen LogP contribution in [-0.2, 0) is 17.8 Å². The van der Waals surface area contributed by atoms with Crippen molar-refractivity contribution in [1.29, 1.82) is 0 Å². The highest BCUT2D eigenvalue weighted by molar-refractivity contribution is 7.71. The fraction of sp³-hybridized carbons (Fsp3) is 0.692. The molecule has 0 amide bonds. The second kappa shape index (κ2) is 5.36. The molecule has 18 heavy (non-hydrogen) atoms. The number of aromatic nitrogens is 2. The summed E-state index contributed by atoms with van der Waals surface area (Å²) in [6, 6.07) is 0. The first kappa shape index (κ1) is 12.1. The van der Waals surface area contributed by atoms with Gasteiger partial charge in [0.05, 0.1) is 13.2 Å². The van der Waals surface area contributed by atoms with Crippen molar-refractivity contribution in [3.63, 3.8) is 0 Å². The minimum atomic E-state index is 0.609. The average molecular weight is 265 g/mol. The van der Waals surface area contributed by atoms with Crippen molar-refractivity contribution in [2.75, 3.05) is 24.6 Å². The van der Waals surface area contributed by atoms with Crippen LogP contribution < -0.4 is 4.90 Å². The second-order valence-corrected chi connectivity index (χ2v) is 5.41. The smallest absolute Gasteiger partial charge is 0.204 e. The third-order valence-electron chi connectivity index (χ3n) is 3.74. The number of hydrogen-bond donors (Lipinski definition) is 1. The van der Waals surface area contributed by atoms with Gasteiger partial charge in [-0.2, -0.15) is 0 Å². The highest BCUT2D eigenvalue weighted by Crippen LogP contribution is 2.21. The molecular weight excluding hydrogens is 246 g/mol. The highest BCUT2D eigenvalue weighted by Gasteiger charge is 2.17. The molecule has 0 unspecified atom stereocenters. The molecule has 0 spiro atoms. The molecule has 0 aliphatic carbocycles. The summed E-state index contributed by atoms with van der Waals surface area (Å²) in [5, 5.41) is 0. The molecule has 1 aromatic rings. The van der Waals surface area contributed by atoms with Gasteiger partial charge in [-0.3, -0.25) is 0 Å². The Morgan fingerprint density at radius 3 is 2.72 bits per heavy atom. The van der Waals surface area contributed by atoms with Crippen LogP contribution in [0.1, 0.15) is 36.9 Å². The predicted octanol–water partition coefficient (Wildman–Crippen LogP) is 2.59. The van der Waals surface area contributed by atoms with Crippen LogP contribution in [0.5, 0.6) is 0 Å². The molecule has 1 aromatic heterocycles. The Labute approximate surface area is 112 Å².